The van der Waals surface area contributed by atoms with Gasteiger partial charge in [-0.3, -0.25) is 0 Å². The molecule has 1 unspecified atom stereocenters. The van der Waals surface area contributed by atoms with E-state index in [-0.39, 0.29) is 36.5 Å². The first-order chi connectivity index (χ1) is 20.2. The van der Waals surface area contributed by atoms with Crippen molar-refractivity contribution in [3.8, 4) is 5.75 Å². The summed E-state index contributed by atoms with van der Waals surface area (Å²) in [5.74, 6) is 0.0845. The van der Waals surface area contributed by atoms with Crippen LogP contribution in [-0.2, 0) is 33.5 Å². The summed E-state index contributed by atoms with van der Waals surface area (Å²) in [6.45, 7) is 0.659. The van der Waals surface area contributed by atoms with Crippen LogP contribution in [0.4, 0.5) is 0 Å². The average molecular weight is 624 g/mol. The van der Waals surface area contributed by atoms with Crippen LogP contribution < -0.4 is 15.2 Å². The number of halogens is 1. The molecule has 0 aliphatic heterocycles. The van der Waals surface area contributed by atoms with Crippen molar-refractivity contribution in [2.24, 2.45) is 10.9 Å². The number of ether oxygens (including phenoxy) is 2. The van der Waals surface area contributed by atoms with Gasteiger partial charge in [0.05, 0.1) is 18.4 Å². The van der Waals surface area contributed by atoms with E-state index in [9.17, 15) is 13.2 Å². The van der Waals surface area contributed by atoms with Gasteiger partial charge in [0.25, 0.3) is 0 Å². The number of oxime groups is 1. The third-order valence-corrected chi connectivity index (χ3v) is 8.84. The molecule has 43 heavy (non-hydrogen) atoms. The maximum Gasteiger partial charge on any atom is 0.337 e. The minimum Gasteiger partial charge on any atom is -0.489 e. The second-order valence-electron chi connectivity index (χ2n) is 10.4. The summed E-state index contributed by atoms with van der Waals surface area (Å²) in [4.78, 5) is 11.8. The van der Waals surface area contributed by atoms with Gasteiger partial charge < -0.3 is 20.4 Å². The SMILES string of the molecule is COC(=O)c1cccc(CS(=O)(=O)NCC2CCCc3ccc(OCc4ccc5cc(C(N)=NO)ccc5c4)cc32)c1.Cl. The summed E-state index contributed by atoms with van der Waals surface area (Å²) in [6, 6.07) is 24.1. The van der Waals surface area contributed by atoms with Gasteiger partial charge in [-0.15, -0.1) is 12.4 Å². The van der Waals surface area contributed by atoms with E-state index < -0.39 is 16.0 Å². The van der Waals surface area contributed by atoms with Crippen molar-refractivity contribution in [2.75, 3.05) is 13.7 Å². The number of sulfonamides is 1. The molecule has 0 saturated carbocycles. The predicted octanol–water partition coefficient (Wildman–Crippen LogP) is 5.26. The molecule has 0 spiro atoms. The molecule has 0 bridgehead atoms. The molecular formula is C32H34ClN3O6S. The molecule has 4 aromatic carbocycles. The Labute approximate surface area is 257 Å². The fourth-order valence-corrected chi connectivity index (χ4v) is 6.53. The molecule has 1 atom stereocenters. The Morgan fingerprint density at radius 2 is 1.79 bits per heavy atom. The Bertz CT molecular complexity index is 1760. The Hall–Kier alpha value is -4.12. The quantitative estimate of drug-likeness (QED) is 0.0719. The zero-order valence-corrected chi connectivity index (χ0v) is 25.3. The number of fused-ring (bicyclic) bond motifs is 2. The lowest BCUT2D eigenvalue weighted by molar-refractivity contribution is 0.0600. The van der Waals surface area contributed by atoms with Crippen LogP contribution in [-0.4, -0.2) is 39.1 Å². The van der Waals surface area contributed by atoms with Crippen molar-refractivity contribution in [3.05, 3.63) is 112 Å². The highest BCUT2D eigenvalue weighted by atomic mass is 35.5. The number of nitrogens with two attached hydrogens (primary N) is 1. The molecule has 5 rings (SSSR count). The number of carbonyl (C=O) groups excluding carboxylic acids is 1. The summed E-state index contributed by atoms with van der Waals surface area (Å²) in [7, 11) is -2.34. The molecule has 4 N–H and O–H groups in total. The van der Waals surface area contributed by atoms with E-state index in [1.54, 1.807) is 30.3 Å². The standard InChI is InChI=1S/C32H33N3O6S.ClH/c1-40-32(36)27-6-2-4-22(15-27)20-42(38,39)34-18-28-7-3-5-23-12-13-29(17-30(23)28)41-19-21-8-9-25-16-26(31(33)35-37)11-10-24(25)14-21;/h2,4,6,8-17,28,34,37H,3,5,7,18-20H2,1H3,(H2,33,35);1H. The molecule has 11 heteroatoms. The largest absolute Gasteiger partial charge is 0.489 e. The number of methoxy groups -OCH3 is 1. The van der Waals surface area contributed by atoms with Crippen LogP contribution in [0.2, 0.25) is 0 Å². The highest BCUT2D eigenvalue weighted by Crippen LogP contribution is 2.34. The minimum atomic E-state index is -3.63. The van der Waals surface area contributed by atoms with Gasteiger partial charge in [0, 0.05) is 12.1 Å². The smallest absolute Gasteiger partial charge is 0.337 e. The predicted molar refractivity (Wildman–Crippen MR) is 169 cm³/mol. The second-order valence-corrected chi connectivity index (χ2v) is 12.2. The first-order valence-electron chi connectivity index (χ1n) is 13.7. The molecule has 4 aromatic rings. The van der Waals surface area contributed by atoms with Crippen LogP contribution in [0.5, 0.6) is 5.75 Å². The first kappa shape index (κ1) is 31.8. The van der Waals surface area contributed by atoms with Crippen molar-refractivity contribution in [1.29, 1.82) is 0 Å². The van der Waals surface area contributed by atoms with E-state index in [0.29, 0.717) is 23.3 Å². The van der Waals surface area contributed by atoms with Crippen molar-refractivity contribution in [2.45, 2.75) is 37.5 Å². The fraction of sp³-hybridized carbons (Fsp3) is 0.250. The highest BCUT2D eigenvalue weighted by Gasteiger charge is 2.23. The van der Waals surface area contributed by atoms with Crippen molar-refractivity contribution in [1.82, 2.24) is 4.72 Å². The maximum atomic E-state index is 12.9. The van der Waals surface area contributed by atoms with Gasteiger partial charge in [0.2, 0.25) is 10.0 Å². The molecule has 0 aromatic heterocycles. The summed E-state index contributed by atoms with van der Waals surface area (Å²) in [5.41, 5.74) is 10.5. The first-order valence-corrected chi connectivity index (χ1v) is 15.3. The van der Waals surface area contributed by atoms with Crippen LogP contribution >= 0.6 is 12.4 Å². The van der Waals surface area contributed by atoms with Gasteiger partial charge in [0.15, 0.2) is 5.84 Å². The Balaban J connectivity index is 0.00000423. The van der Waals surface area contributed by atoms with Crippen molar-refractivity contribution in [3.63, 3.8) is 0 Å². The molecule has 0 radical (unpaired) electrons. The number of hydrogen-bond donors (Lipinski definition) is 3. The molecule has 1 aliphatic rings. The summed E-state index contributed by atoms with van der Waals surface area (Å²) in [5, 5.41) is 14.0. The van der Waals surface area contributed by atoms with Gasteiger partial charge in [-0.1, -0.05) is 47.6 Å². The highest BCUT2D eigenvalue weighted by molar-refractivity contribution is 7.88. The molecule has 0 amide bonds. The van der Waals surface area contributed by atoms with E-state index in [4.69, 9.17) is 20.4 Å². The molecular weight excluding hydrogens is 590 g/mol. The number of nitrogens with one attached hydrogen (secondary N) is 1. The Kier molecular flexibility index (Phi) is 10.3. The van der Waals surface area contributed by atoms with Crippen LogP contribution in [0.3, 0.4) is 0 Å². The zero-order valence-electron chi connectivity index (χ0n) is 23.7. The third kappa shape index (κ3) is 7.84. The minimum absolute atomic E-state index is 0. The number of nitrogens with zero attached hydrogens (tertiary/aromatic N) is 1. The van der Waals surface area contributed by atoms with E-state index in [1.165, 1.54) is 12.7 Å². The van der Waals surface area contributed by atoms with Crippen LogP contribution in [0, 0.1) is 0 Å². The number of carbonyl (C=O) groups is 1. The van der Waals surface area contributed by atoms with Crippen LogP contribution in [0.15, 0.2) is 84.0 Å². The molecule has 9 nitrogen and oxygen atoms in total. The van der Waals surface area contributed by atoms with E-state index in [2.05, 4.69) is 15.9 Å². The Morgan fingerprint density at radius 3 is 2.58 bits per heavy atom. The number of aryl methyl sites for hydroxylation is 1. The lowest BCUT2D eigenvalue weighted by Crippen LogP contribution is -2.31. The van der Waals surface area contributed by atoms with Crippen molar-refractivity contribution < 1.29 is 27.9 Å². The normalized spacial score (nSPS) is 14.9. The summed E-state index contributed by atoms with van der Waals surface area (Å²) < 4.78 is 39.5. The topological polar surface area (TPSA) is 140 Å². The van der Waals surface area contributed by atoms with Gasteiger partial charge in [-0.2, -0.15) is 0 Å². The molecule has 1 aliphatic carbocycles. The molecule has 0 saturated heterocycles. The van der Waals surface area contributed by atoms with E-state index in [0.717, 1.165) is 46.9 Å². The number of esters is 1. The fourth-order valence-electron chi connectivity index (χ4n) is 5.35. The van der Waals surface area contributed by atoms with E-state index >= 15 is 0 Å². The average Bonchev–Trinajstić information content (AvgIpc) is 3.01. The number of amidine groups is 1. The lowest BCUT2D eigenvalue weighted by Gasteiger charge is -2.26. The van der Waals surface area contributed by atoms with Gasteiger partial charge in [0.1, 0.15) is 12.4 Å². The Morgan fingerprint density at radius 1 is 1.00 bits per heavy atom. The lowest BCUT2D eigenvalue weighted by atomic mass is 9.83. The van der Waals surface area contributed by atoms with E-state index in [1.807, 2.05) is 42.5 Å². The third-order valence-electron chi connectivity index (χ3n) is 7.52. The number of hydrogen-bond acceptors (Lipinski definition) is 7. The summed E-state index contributed by atoms with van der Waals surface area (Å²) >= 11 is 0. The van der Waals surface area contributed by atoms with Gasteiger partial charge in [-0.05, 0) is 94.6 Å². The zero-order chi connectivity index (χ0) is 29.7. The monoisotopic (exact) mass is 623 g/mol. The number of rotatable bonds is 10. The molecule has 0 heterocycles. The van der Waals surface area contributed by atoms with Gasteiger partial charge in [-0.25, -0.2) is 17.9 Å². The summed E-state index contributed by atoms with van der Waals surface area (Å²) in [6.07, 6.45) is 2.79. The van der Waals surface area contributed by atoms with Crippen molar-refractivity contribution >= 4 is 45.0 Å². The van der Waals surface area contributed by atoms with Crippen LogP contribution in [0.25, 0.3) is 10.8 Å². The van der Waals surface area contributed by atoms with Crippen LogP contribution in [0.1, 0.15) is 56.9 Å². The van der Waals surface area contributed by atoms with Gasteiger partial charge >= 0.3 is 5.97 Å². The maximum absolute atomic E-state index is 12.9. The number of benzene rings is 4. The molecule has 226 valence electrons. The molecule has 0 fully saturated rings. The second kappa shape index (κ2) is 13.9.